The van der Waals surface area contributed by atoms with Crippen LogP contribution in [0.4, 0.5) is 8.63 Å². The molecule has 1 aromatic carbocycles. The van der Waals surface area contributed by atoms with Gasteiger partial charge in [0, 0.05) is 38.2 Å². The molecule has 2 aliphatic rings. The van der Waals surface area contributed by atoms with Gasteiger partial charge >= 0.3 is 6.97 Å². The first-order chi connectivity index (χ1) is 11.7. The van der Waals surface area contributed by atoms with Crippen LogP contribution in [0, 0.1) is 13.8 Å². The molecule has 0 bridgehead atoms. The van der Waals surface area contributed by atoms with Crippen LogP contribution in [0.25, 0.3) is 5.57 Å². The maximum absolute atomic E-state index is 15.2. The number of halogens is 5. The van der Waals surface area contributed by atoms with Crippen LogP contribution in [0.3, 0.4) is 0 Å². The number of hydrogen-bond acceptors (Lipinski definition) is 0. The predicted octanol–water partition coefficient (Wildman–Crippen LogP) is 6.00. The van der Waals surface area contributed by atoms with Gasteiger partial charge in [-0.15, -0.1) is 0 Å². The lowest BCUT2D eigenvalue weighted by atomic mass is 9.86. The van der Waals surface area contributed by atoms with Crippen molar-refractivity contribution in [3.63, 3.8) is 0 Å². The van der Waals surface area contributed by atoms with Gasteiger partial charge in [0.25, 0.3) is 0 Å². The molecule has 0 fully saturated rings. The van der Waals surface area contributed by atoms with Gasteiger partial charge in [-0.3, -0.25) is 0 Å². The van der Waals surface area contributed by atoms with Crippen LogP contribution in [0.2, 0.25) is 0 Å². The molecule has 0 N–H and O–H groups in total. The van der Waals surface area contributed by atoms with Crippen molar-refractivity contribution < 1.29 is 13.1 Å². The molecule has 8 heteroatoms. The van der Waals surface area contributed by atoms with Gasteiger partial charge in [0.1, 0.15) is 0 Å². The molecule has 3 heterocycles. The largest absolute Gasteiger partial charge is 0.738 e. The molecule has 1 aromatic heterocycles. The van der Waals surface area contributed by atoms with Crippen molar-refractivity contribution in [2.24, 2.45) is 0 Å². The Labute approximate surface area is 169 Å². The quantitative estimate of drug-likeness (QED) is 0.398. The molecule has 0 spiro atoms. The first kappa shape index (κ1) is 17.4. The molecule has 25 heavy (non-hydrogen) atoms. The first-order valence-corrected chi connectivity index (χ1v) is 10.0. The molecule has 0 amide bonds. The highest BCUT2D eigenvalue weighted by Crippen LogP contribution is 2.42. The summed E-state index contributed by atoms with van der Waals surface area (Å²) in [6, 6.07) is 7.47. The lowest BCUT2D eigenvalue weighted by Crippen LogP contribution is -2.50. The van der Waals surface area contributed by atoms with Crippen molar-refractivity contribution in [2.75, 3.05) is 0 Å². The van der Waals surface area contributed by atoms with E-state index in [2.05, 4.69) is 47.8 Å². The number of hydrogen-bond donors (Lipinski definition) is 0. The summed E-state index contributed by atoms with van der Waals surface area (Å²) in [7, 11) is 0. The SMILES string of the molecule is Cc1cc(C2=C3C=CC(Br)=[N+]3[B-](F)(F)n3c(Br)ccc32)cc(C)c1Br. The van der Waals surface area contributed by atoms with Crippen molar-refractivity contribution in [3.8, 4) is 0 Å². The number of aromatic nitrogens is 1. The number of fused-ring (bicyclic) bond motifs is 2. The van der Waals surface area contributed by atoms with E-state index in [1.165, 1.54) is 0 Å². The summed E-state index contributed by atoms with van der Waals surface area (Å²) in [5.41, 5.74) is 4.87. The summed E-state index contributed by atoms with van der Waals surface area (Å²) in [4.78, 5) is 0. The molecule has 2 nitrogen and oxygen atoms in total. The highest BCUT2D eigenvalue weighted by molar-refractivity contribution is 9.18. The van der Waals surface area contributed by atoms with E-state index in [-0.39, 0.29) is 0 Å². The molecule has 2 aliphatic heterocycles. The third-order valence-corrected chi connectivity index (χ3v) is 7.14. The van der Waals surface area contributed by atoms with Crippen molar-refractivity contribution >= 4 is 65.0 Å². The maximum Gasteiger partial charge on any atom is 0.738 e. The molecule has 0 aliphatic carbocycles. The van der Waals surface area contributed by atoms with E-state index in [1.54, 1.807) is 24.3 Å². The molecule has 0 atom stereocenters. The third kappa shape index (κ3) is 2.40. The monoisotopic (exact) mass is 530 g/mol. The Hall–Kier alpha value is -0.985. The van der Waals surface area contributed by atoms with E-state index in [9.17, 15) is 0 Å². The van der Waals surface area contributed by atoms with Crippen LogP contribution in [0.15, 0.2) is 51.2 Å². The van der Waals surface area contributed by atoms with Gasteiger partial charge in [0.15, 0.2) is 5.70 Å². The second-order valence-corrected chi connectivity index (χ2v) is 8.63. The van der Waals surface area contributed by atoms with E-state index in [4.69, 9.17) is 0 Å². The van der Waals surface area contributed by atoms with Crippen LogP contribution >= 0.6 is 47.8 Å². The molecular formula is C17H12BBr3F2N2. The second-order valence-electron chi connectivity index (χ2n) is 6.21. The zero-order valence-corrected chi connectivity index (χ0v) is 18.1. The fraction of sp³-hybridized carbons (Fsp3) is 0.118. The normalized spacial score (nSPS) is 18.0. The average Bonchev–Trinajstić information content (AvgIpc) is 3.10. The Morgan fingerprint density at radius 3 is 2.28 bits per heavy atom. The van der Waals surface area contributed by atoms with Crippen LogP contribution in [-0.4, -0.2) is 20.6 Å². The van der Waals surface area contributed by atoms with Gasteiger partial charge in [-0.25, -0.2) is 0 Å². The minimum Gasteiger partial charge on any atom is -0.389 e. The van der Waals surface area contributed by atoms with Crippen LogP contribution in [0.5, 0.6) is 0 Å². The van der Waals surface area contributed by atoms with E-state index in [1.807, 2.05) is 26.0 Å². The highest BCUT2D eigenvalue weighted by atomic mass is 79.9. The number of benzene rings is 1. The third-order valence-electron chi connectivity index (χ3n) is 4.60. The zero-order chi connectivity index (χ0) is 18.1. The predicted molar refractivity (Wildman–Crippen MR) is 108 cm³/mol. The van der Waals surface area contributed by atoms with Gasteiger partial charge in [0.05, 0.1) is 10.2 Å². The minimum atomic E-state index is -3.98. The zero-order valence-electron chi connectivity index (χ0n) is 13.3. The molecular weight excluding hydrogens is 521 g/mol. The van der Waals surface area contributed by atoms with E-state index < -0.39 is 6.97 Å². The fourth-order valence-electron chi connectivity index (χ4n) is 3.52. The van der Waals surface area contributed by atoms with Gasteiger partial charge in [0.2, 0.25) is 4.62 Å². The molecule has 2 aromatic rings. The number of allylic oxidation sites excluding steroid dienone is 2. The Kier molecular flexibility index (Phi) is 4.01. The lowest BCUT2D eigenvalue weighted by Gasteiger charge is -2.32. The van der Waals surface area contributed by atoms with Crippen LogP contribution in [-0.2, 0) is 0 Å². The number of rotatable bonds is 1. The maximum atomic E-state index is 15.2. The second kappa shape index (κ2) is 5.76. The van der Waals surface area contributed by atoms with Crippen LogP contribution in [0.1, 0.15) is 22.4 Å². The summed E-state index contributed by atoms with van der Waals surface area (Å²) in [5.74, 6) is 0. The van der Waals surface area contributed by atoms with Gasteiger partial charge in [-0.1, -0.05) is 15.9 Å². The summed E-state index contributed by atoms with van der Waals surface area (Å²) in [6.45, 7) is 0.0334. The van der Waals surface area contributed by atoms with E-state index >= 15 is 8.63 Å². The van der Waals surface area contributed by atoms with Gasteiger partial charge in [-0.2, -0.15) is 0 Å². The summed E-state index contributed by atoms with van der Waals surface area (Å²) in [6.07, 6.45) is 3.41. The van der Waals surface area contributed by atoms with Crippen molar-refractivity contribution in [1.82, 2.24) is 4.48 Å². The fourth-order valence-corrected chi connectivity index (χ4v) is 4.89. The average molecular weight is 533 g/mol. The van der Waals surface area contributed by atoms with E-state index in [0.717, 1.165) is 35.7 Å². The molecule has 0 saturated heterocycles. The van der Waals surface area contributed by atoms with E-state index in [0.29, 0.717) is 20.6 Å². The Bertz CT molecular complexity index is 1010. The Morgan fingerprint density at radius 2 is 1.64 bits per heavy atom. The molecule has 128 valence electrons. The summed E-state index contributed by atoms with van der Waals surface area (Å²) in [5, 5.41) is 0. The summed E-state index contributed by atoms with van der Waals surface area (Å²) < 4.78 is 34.3. The van der Waals surface area contributed by atoms with Crippen molar-refractivity contribution in [1.29, 1.82) is 0 Å². The number of nitrogens with zero attached hydrogens (tertiary/aromatic N) is 2. The molecule has 0 radical (unpaired) electrons. The molecule has 0 unspecified atom stereocenters. The smallest absolute Gasteiger partial charge is 0.389 e. The van der Waals surface area contributed by atoms with Crippen molar-refractivity contribution in [3.05, 3.63) is 73.6 Å². The Balaban J connectivity index is 2.11. The first-order valence-electron chi connectivity index (χ1n) is 7.64. The van der Waals surface area contributed by atoms with Gasteiger partial charge < -0.3 is 17.6 Å². The highest BCUT2D eigenvalue weighted by Gasteiger charge is 2.54. The molecule has 4 rings (SSSR count). The molecule has 0 saturated carbocycles. The minimum absolute atomic E-state index is 0.363. The number of aryl methyl sites for hydroxylation is 2. The van der Waals surface area contributed by atoms with Crippen LogP contribution < -0.4 is 0 Å². The van der Waals surface area contributed by atoms with Crippen molar-refractivity contribution in [2.45, 2.75) is 13.8 Å². The Morgan fingerprint density at radius 1 is 1.00 bits per heavy atom. The topological polar surface area (TPSA) is 7.94 Å². The standard InChI is InChI=1S/C17H12BBr3F2N2/c1-9-7-11(8-10(2)17(9)21)16-12-3-5-14(19)24(12)18(22,23)25-13(16)4-6-15(25)20/h3-8H,1-2H3. The summed E-state index contributed by atoms with van der Waals surface area (Å²) >= 11 is 10.1. The van der Waals surface area contributed by atoms with Gasteiger partial charge in [-0.05, 0) is 70.7 Å². The lowest BCUT2D eigenvalue weighted by molar-refractivity contribution is -0.358.